The number of ether oxygens (including phenoxy) is 1. The molecule has 0 fully saturated rings. The van der Waals surface area contributed by atoms with Gasteiger partial charge in [0.2, 0.25) is 0 Å². The monoisotopic (exact) mass is 236 g/mol. The molecule has 0 saturated heterocycles. The Kier molecular flexibility index (Phi) is 2.69. The average molecular weight is 236 g/mol. The van der Waals surface area contributed by atoms with Gasteiger partial charge in [-0.05, 0) is 17.2 Å². The highest BCUT2D eigenvalue weighted by Gasteiger charge is 2.20. The zero-order chi connectivity index (χ0) is 12.4. The molecule has 0 unspecified atom stereocenters. The lowest BCUT2D eigenvalue weighted by Crippen LogP contribution is -1.93. The highest BCUT2D eigenvalue weighted by Crippen LogP contribution is 2.21. The topological polar surface area (TPSA) is 26.3 Å². The van der Waals surface area contributed by atoms with Gasteiger partial charge >= 0.3 is 5.97 Å². The number of benzene rings is 2. The van der Waals surface area contributed by atoms with E-state index < -0.39 is 0 Å². The van der Waals surface area contributed by atoms with Crippen molar-refractivity contribution in [1.82, 2.24) is 0 Å². The van der Waals surface area contributed by atoms with Crippen molar-refractivity contribution in [3.8, 4) is 0 Å². The third kappa shape index (κ3) is 2.05. The van der Waals surface area contributed by atoms with Crippen molar-refractivity contribution in [3.05, 3.63) is 70.8 Å². The van der Waals surface area contributed by atoms with E-state index in [0.717, 1.165) is 16.7 Å². The second-order valence-electron chi connectivity index (χ2n) is 4.24. The van der Waals surface area contributed by atoms with E-state index in [9.17, 15) is 4.79 Å². The van der Waals surface area contributed by atoms with Crippen molar-refractivity contribution in [2.45, 2.75) is 6.61 Å². The third-order valence-electron chi connectivity index (χ3n) is 2.98. The SMILES string of the molecule is O=C1OCc2ccc(/C=C/c3ccccc3)cc21. The highest BCUT2D eigenvalue weighted by atomic mass is 16.5. The first-order chi connectivity index (χ1) is 8.83. The van der Waals surface area contributed by atoms with Crippen LogP contribution in [-0.2, 0) is 11.3 Å². The molecule has 0 bridgehead atoms. The van der Waals surface area contributed by atoms with Crippen molar-refractivity contribution in [2.75, 3.05) is 0 Å². The Bertz CT molecular complexity index is 612. The summed E-state index contributed by atoms with van der Waals surface area (Å²) in [5, 5.41) is 0. The molecule has 1 aliphatic heterocycles. The van der Waals surface area contributed by atoms with Gasteiger partial charge in [0, 0.05) is 5.56 Å². The molecule has 0 atom stereocenters. The van der Waals surface area contributed by atoms with Crippen LogP contribution in [-0.4, -0.2) is 5.97 Å². The normalized spacial score (nSPS) is 13.7. The van der Waals surface area contributed by atoms with E-state index in [1.54, 1.807) is 0 Å². The van der Waals surface area contributed by atoms with Gasteiger partial charge in [-0.2, -0.15) is 0 Å². The van der Waals surface area contributed by atoms with Crippen molar-refractivity contribution in [1.29, 1.82) is 0 Å². The second-order valence-corrected chi connectivity index (χ2v) is 4.24. The molecular formula is C16H12O2. The average Bonchev–Trinajstić information content (AvgIpc) is 2.79. The number of rotatable bonds is 2. The maximum absolute atomic E-state index is 11.4. The second kappa shape index (κ2) is 4.49. The largest absolute Gasteiger partial charge is 0.457 e. The lowest BCUT2D eigenvalue weighted by Gasteiger charge is -1.97. The maximum Gasteiger partial charge on any atom is 0.338 e. The standard InChI is InChI=1S/C16H12O2/c17-16-15-10-13(8-9-14(15)11-18-16)7-6-12-4-2-1-3-5-12/h1-10H,11H2/b7-6+. The first-order valence-electron chi connectivity index (χ1n) is 5.86. The highest BCUT2D eigenvalue weighted by molar-refractivity contribution is 5.94. The van der Waals surface area contributed by atoms with Crippen LogP contribution in [0.4, 0.5) is 0 Å². The molecule has 2 aromatic carbocycles. The summed E-state index contributed by atoms with van der Waals surface area (Å²) in [7, 11) is 0. The maximum atomic E-state index is 11.4. The van der Waals surface area contributed by atoms with Gasteiger partial charge in [0.1, 0.15) is 6.61 Å². The Balaban J connectivity index is 1.88. The fourth-order valence-electron chi connectivity index (χ4n) is 1.99. The molecule has 0 saturated carbocycles. The number of esters is 1. The Morgan fingerprint density at radius 2 is 1.72 bits per heavy atom. The predicted molar refractivity (Wildman–Crippen MR) is 70.9 cm³/mol. The summed E-state index contributed by atoms with van der Waals surface area (Å²) in [6.45, 7) is 0.400. The number of cyclic esters (lactones) is 1. The molecule has 0 N–H and O–H groups in total. The van der Waals surface area contributed by atoms with Crippen LogP contribution < -0.4 is 0 Å². The van der Waals surface area contributed by atoms with E-state index in [0.29, 0.717) is 12.2 Å². The first-order valence-corrected chi connectivity index (χ1v) is 5.86. The summed E-state index contributed by atoms with van der Waals surface area (Å²) in [4.78, 5) is 11.4. The van der Waals surface area contributed by atoms with E-state index in [-0.39, 0.29) is 5.97 Å². The van der Waals surface area contributed by atoms with Crippen LogP contribution in [0.3, 0.4) is 0 Å². The molecule has 2 heteroatoms. The van der Waals surface area contributed by atoms with Gasteiger partial charge in [0.25, 0.3) is 0 Å². The molecule has 0 spiro atoms. The molecule has 0 aromatic heterocycles. The molecule has 18 heavy (non-hydrogen) atoms. The summed E-state index contributed by atoms with van der Waals surface area (Å²) in [5.41, 5.74) is 3.80. The van der Waals surface area contributed by atoms with Crippen molar-refractivity contribution in [2.24, 2.45) is 0 Å². The summed E-state index contributed by atoms with van der Waals surface area (Å²) in [5.74, 6) is -0.222. The lowest BCUT2D eigenvalue weighted by atomic mass is 10.1. The van der Waals surface area contributed by atoms with Crippen LogP contribution in [0.15, 0.2) is 48.5 Å². The van der Waals surface area contributed by atoms with Crippen molar-refractivity contribution >= 4 is 18.1 Å². The number of fused-ring (bicyclic) bond motifs is 1. The molecule has 0 aliphatic carbocycles. The molecule has 0 amide bonds. The first kappa shape index (κ1) is 10.8. The fraction of sp³-hybridized carbons (Fsp3) is 0.0625. The smallest absolute Gasteiger partial charge is 0.338 e. The van der Waals surface area contributed by atoms with Gasteiger partial charge in [0.05, 0.1) is 5.56 Å². The summed E-state index contributed by atoms with van der Waals surface area (Å²) in [6.07, 6.45) is 4.03. The lowest BCUT2D eigenvalue weighted by molar-refractivity contribution is 0.0535. The van der Waals surface area contributed by atoms with E-state index in [2.05, 4.69) is 0 Å². The summed E-state index contributed by atoms with van der Waals surface area (Å²) >= 11 is 0. The number of carbonyl (C=O) groups excluding carboxylic acids is 1. The van der Waals surface area contributed by atoms with Crippen molar-refractivity contribution < 1.29 is 9.53 Å². The number of carbonyl (C=O) groups is 1. The summed E-state index contributed by atoms with van der Waals surface area (Å²) in [6, 6.07) is 15.9. The Hall–Kier alpha value is -2.35. The molecule has 0 radical (unpaired) electrons. The van der Waals surface area contributed by atoms with Crippen LogP contribution in [0.5, 0.6) is 0 Å². The van der Waals surface area contributed by atoms with Gasteiger partial charge in [-0.25, -0.2) is 4.79 Å². The van der Waals surface area contributed by atoms with Gasteiger partial charge in [0.15, 0.2) is 0 Å². The van der Waals surface area contributed by atoms with Gasteiger partial charge in [-0.15, -0.1) is 0 Å². The van der Waals surface area contributed by atoms with Crippen LogP contribution in [0.25, 0.3) is 12.2 Å². The molecule has 88 valence electrons. The quantitative estimate of drug-likeness (QED) is 0.589. The van der Waals surface area contributed by atoms with E-state index in [4.69, 9.17) is 4.74 Å². The molecule has 2 nitrogen and oxygen atoms in total. The minimum Gasteiger partial charge on any atom is -0.457 e. The van der Waals surface area contributed by atoms with Gasteiger partial charge in [-0.1, -0.05) is 54.6 Å². The Morgan fingerprint density at radius 3 is 2.56 bits per heavy atom. The van der Waals surface area contributed by atoms with Crippen LogP contribution in [0.2, 0.25) is 0 Å². The van der Waals surface area contributed by atoms with E-state index in [1.807, 2.05) is 60.7 Å². The fourth-order valence-corrected chi connectivity index (χ4v) is 1.99. The minimum absolute atomic E-state index is 0.222. The van der Waals surface area contributed by atoms with Crippen molar-refractivity contribution in [3.63, 3.8) is 0 Å². The number of hydrogen-bond donors (Lipinski definition) is 0. The van der Waals surface area contributed by atoms with E-state index in [1.165, 1.54) is 0 Å². The Labute approximate surface area is 106 Å². The van der Waals surface area contributed by atoms with Crippen LogP contribution in [0.1, 0.15) is 27.0 Å². The molecule has 2 aromatic rings. The van der Waals surface area contributed by atoms with Crippen LogP contribution in [0, 0.1) is 0 Å². The minimum atomic E-state index is -0.222. The summed E-state index contributed by atoms with van der Waals surface area (Å²) < 4.78 is 4.98. The Morgan fingerprint density at radius 1 is 0.944 bits per heavy atom. The van der Waals surface area contributed by atoms with Gasteiger partial charge in [-0.3, -0.25) is 0 Å². The number of hydrogen-bond acceptors (Lipinski definition) is 2. The van der Waals surface area contributed by atoms with Gasteiger partial charge < -0.3 is 4.74 Å². The van der Waals surface area contributed by atoms with E-state index >= 15 is 0 Å². The third-order valence-corrected chi connectivity index (χ3v) is 2.98. The molecule has 1 heterocycles. The molecule has 3 rings (SSSR count). The predicted octanol–water partition coefficient (Wildman–Crippen LogP) is 3.53. The van der Waals surface area contributed by atoms with Crippen LogP contribution >= 0.6 is 0 Å². The zero-order valence-corrected chi connectivity index (χ0v) is 9.80. The zero-order valence-electron chi connectivity index (χ0n) is 9.80. The molecule has 1 aliphatic rings. The molecular weight excluding hydrogens is 224 g/mol.